The highest BCUT2D eigenvalue weighted by Gasteiger charge is 2.31. The highest BCUT2D eigenvalue weighted by Crippen LogP contribution is 2.40. The van der Waals surface area contributed by atoms with Crippen LogP contribution < -0.4 is 9.47 Å². The first-order valence-corrected chi connectivity index (χ1v) is 5.14. The summed E-state index contributed by atoms with van der Waals surface area (Å²) in [5.41, 5.74) is 2.24. The minimum absolute atomic E-state index is 0.157. The fourth-order valence-corrected chi connectivity index (χ4v) is 1.80. The Bertz CT molecular complexity index is 383. The van der Waals surface area contributed by atoms with Crippen molar-refractivity contribution < 1.29 is 14.6 Å². The number of rotatable bonds is 2. The lowest BCUT2D eigenvalue weighted by molar-refractivity contribution is -0.0431. The smallest absolute Gasteiger partial charge is 0.246 e. The number of aryl methyl sites for hydroxylation is 1. The molecule has 2 rings (SSSR count). The first kappa shape index (κ1) is 10.3. The van der Waals surface area contributed by atoms with Gasteiger partial charge in [-0.3, -0.25) is 0 Å². The number of aliphatic hydroxyl groups excluding tert-OH is 1. The van der Waals surface area contributed by atoms with Gasteiger partial charge in [0, 0.05) is 20.5 Å². The van der Waals surface area contributed by atoms with Crippen molar-refractivity contribution in [3.63, 3.8) is 0 Å². The van der Waals surface area contributed by atoms with Crippen LogP contribution in [-0.4, -0.2) is 17.5 Å². The first-order valence-electron chi connectivity index (χ1n) is 5.14. The van der Waals surface area contributed by atoms with Crippen molar-refractivity contribution in [2.75, 3.05) is 6.61 Å². The van der Waals surface area contributed by atoms with Crippen LogP contribution in [0.3, 0.4) is 0 Å². The Labute approximate surface area is 89.6 Å². The number of fused-ring (bicyclic) bond motifs is 1. The predicted molar refractivity (Wildman–Crippen MR) is 57.3 cm³/mol. The molecule has 0 saturated carbocycles. The summed E-state index contributed by atoms with van der Waals surface area (Å²) in [7, 11) is 0. The van der Waals surface area contributed by atoms with E-state index in [1.807, 2.05) is 32.9 Å². The zero-order valence-electron chi connectivity index (χ0n) is 9.33. The third kappa shape index (κ3) is 1.92. The standard InChI is InChI=1S/C12H16O3/c1-8-6-10-11(7-9(8)4-5-13)15-12(2,3)14-10/h6-7,13H,4-5H2,1-3H3. The fraction of sp³-hybridized carbons (Fsp3) is 0.500. The van der Waals surface area contributed by atoms with Crippen LogP contribution in [0, 0.1) is 6.92 Å². The van der Waals surface area contributed by atoms with Crippen LogP contribution >= 0.6 is 0 Å². The van der Waals surface area contributed by atoms with Crippen LogP contribution in [0.25, 0.3) is 0 Å². The molecule has 0 unspecified atom stereocenters. The van der Waals surface area contributed by atoms with Crippen LogP contribution in [0.15, 0.2) is 12.1 Å². The van der Waals surface area contributed by atoms with E-state index in [0.717, 1.165) is 22.6 Å². The Balaban J connectivity index is 2.36. The average molecular weight is 208 g/mol. The zero-order chi connectivity index (χ0) is 11.1. The van der Waals surface area contributed by atoms with Crippen LogP contribution in [0.4, 0.5) is 0 Å². The van der Waals surface area contributed by atoms with Gasteiger partial charge in [-0.2, -0.15) is 0 Å². The number of aliphatic hydroxyl groups is 1. The third-order valence-corrected chi connectivity index (χ3v) is 2.49. The molecule has 0 spiro atoms. The maximum Gasteiger partial charge on any atom is 0.246 e. The van der Waals surface area contributed by atoms with Gasteiger partial charge in [0.25, 0.3) is 0 Å². The summed E-state index contributed by atoms with van der Waals surface area (Å²) in [6.07, 6.45) is 0.656. The van der Waals surface area contributed by atoms with Gasteiger partial charge in [-0.15, -0.1) is 0 Å². The molecule has 0 aromatic heterocycles. The highest BCUT2D eigenvalue weighted by molar-refractivity contribution is 5.49. The van der Waals surface area contributed by atoms with Crippen molar-refractivity contribution in [3.05, 3.63) is 23.3 Å². The van der Waals surface area contributed by atoms with E-state index in [2.05, 4.69) is 0 Å². The molecular formula is C12H16O3. The van der Waals surface area contributed by atoms with Crippen molar-refractivity contribution in [2.24, 2.45) is 0 Å². The minimum atomic E-state index is -0.577. The number of ether oxygens (including phenoxy) is 2. The van der Waals surface area contributed by atoms with Gasteiger partial charge in [-0.1, -0.05) is 0 Å². The second-order valence-electron chi connectivity index (χ2n) is 4.30. The van der Waals surface area contributed by atoms with E-state index in [1.54, 1.807) is 0 Å². The van der Waals surface area contributed by atoms with Crippen molar-refractivity contribution in [1.29, 1.82) is 0 Å². The summed E-state index contributed by atoms with van der Waals surface area (Å²) < 4.78 is 11.3. The van der Waals surface area contributed by atoms with Crippen LogP contribution in [0.2, 0.25) is 0 Å². The zero-order valence-corrected chi connectivity index (χ0v) is 9.33. The average Bonchev–Trinajstić information content (AvgIpc) is 2.39. The molecule has 0 fully saturated rings. The van der Waals surface area contributed by atoms with E-state index in [9.17, 15) is 0 Å². The van der Waals surface area contributed by atoms with Crippen molar-refractivity contribution in [3.8, 4) is 11.5 Å². The van der Waals surface area contributed by atoms with E-state index in [0.29, 0.717) is 6.42 Å². The molecule has 1 heterocycles. The summed E-state index contributed by atoms with van der Waals surface area (Å²) in [6.45, 7) is 5.94. The fourth-order valence-electron chi connectivity index (χ4n) is 1.80. The van der Waals surface area contributed by atoms with Crippen LogP contribution in [0.5, 0.6) is 11.5 Å². The largest absolute Gasteiger partial charge is 0.449 e. The Morgan fingerprint density at radius 2 is 1.80 bits per heavy atom. The molecule has 0 aliphatic carbocycles. The molecule has 0 saturated heterocycles. The van der Waals surface area contributed by atoms with Gasteiger partial charge in [-0.05, 0) is 36.6 Å². The number of benzene rings is 1. The second kappa shape index (κ2) is 3.42. The maximum atomic E-state index is 8.92. The van der Waals surface area contributed by atoms with E-state index in [1.165, 1.54) is 0 Å². The third-order valence-electron chi connectivity index (χ3n) is 2.49. The monoisotopic (exact) mass is 208 g/mol. The molecule has 3 nitrogen and oxygen atoms in total. The Kier molecular flexibility index (Phi) is 2.35. The molecule has 0 amide bonds. The van der Waals surface area contributed by atoms with Gasteiger partial charge in [0.1, 0.15) is 0 Å². The molecule has 0 bridgehead atoms. The summed E-state index contributed by atoms with van der Waals surface area (Å²) in [5.74, 6) is 0.986. The van der Waals surface area contributed by atoms with Gasteiger partial charge in [0.15, 0.2) is 11.5 Å². The van der Waals surface area contributed by atoms with Crippen molar-refractivity contribution in [2.45, 2.75) is 33.0 Å². The Hall–Kier alpha value is -1.22. The quantitative estimate of drug-likeness (QED) is 0.808. The molecule has 1 N–H and O–H groups in total. The van der Waals surface area contributed by atoms with Crippen LogP contribution in [-0.2, 0) is 6.42 Å². The van der Waals surface area contributed by atoms with Gasteiger partial charge in [-0.25, -0.2) is 0 Å². The van der Waals surface area contributed by atoms with Gasteiger partial charge in [0.2, 0.25) is 5.79 Å². The van der Waals surface area contributed by atoms with Gasteiger partial charge < -0.3 is 14.6 Å². The first-order chi connectivity index (χ1) is 7.02. The normalized spacial score (nSPS) is 16.8. The molecule has 1 aliphatic rings. The topological polar surface area (TPSA) is 38.7 Å². The number of hydrogen-bond acceptors (Lipinski definition) is 3. The highest BCUT2D eigenvalue weighted by atomic mass is 16.7. The molecule has 0 radical (unpaired) electrons. The Morgan fingerprint density at radius 3 is 2.40 bits per heavy atom. The van der Waals surface area contributed by atoms with Crippen LogP contribution in [0.1, 0.15) is 25.0 Å². The summed E-state index contributed by atoms with van der Waals surface area (Å²) in [4.78, 5) is 0. The molecule has 0 atom stereocenters. The van der Waals surface area contributed by atoms with E-state index >= 15 is 0 Å². The van der Waals surface area contributed by atoms with E-state index in [4.69, 9.17) is 14.6 Å². The summed E-state index contributed by atoms with van der Waals surface area (Å²) >= 11 is 0. The van der Waals surface area contributed by atoms with Crippen molar-refractivity contribution >= 4 is 0 Å². The van der Waals surface area contributed by atoms with E-state index < -0.39 is 5.79 Å². The molecule has 3 heteroatoms. The summed E-state index contributed by atoms with van der Waals surface area (Å²) in [6, 6.07) is 3.92. The molecular weight excluding hydrogens is 192 g/mol. The van der Waals surface area contributed by atoms with Gasteiger partial charge in [0.05, 0.1) is 0 Å². The molecule has 1 aromatic carbocycles. The Morgan fingerprint density at radius 1 is 1.20 bits per heavy atom. The molecule has 82 valence electrons. The predicted octanol–water partition coefficient (Wildman–Crippen LogP) is 2.04. The number of hydrogen-bond donors (Lipinski definition) is 1. The van der Waals surface area contributed by atoms with Gasteiger partial charge >= 0.3 is 0 Å². The lowest BCUT2D eigenvalue weighted by Gasteiger charge is -2.16. The summed E-state index contributed by atoms with van der Waals surface area (Å²) in [5, 5.41) is 8.92. The van der Waals surface area contributed by atoms with Crippen molar-refractivity contribution in [1.82, 2.24) is 0 Å². The molecule has 1 aliphatic heterocycles. The second-order valence-corrected chi connectivity index (χ2v) is 4.30. The lowest BCUT2D eigenvalue weighted by Crippen LogP contribution is -2.29. The minimum Gasteiger partial charge on any atom is -0.449 e. The lowest BCUT2D eigenvalue weighted by atomic mass is 10.1. The molecule has 15 heavy (non-hydrogen) atoms. The van der Waals surface area contributed by atoms with E-state index in [-0.39, 0.29) is 6.61 Å². The SMILES string of the molecule is Cc1cc2c(cc1CCO)OC(C)(C)O2. The maximum absolute atomic E-state index is 8.92. The molecule has 1 aromatic rings.